The Hall–Kier alpha value is -2.63. The Bertz CT molecular complexity index is 905. The second-order valence-electron chi connectivity index (χ2n) is 6.67. The fourth-order valence-corrected chi connectivity index (χ4v) is 3.48. The highest BCUT2D eigenvalue weighted by atomic mass is 35.5. The summed E-state index contributed by atoms with van der Waals surface area (Å²) in [6.45, 7) is 1.20. The van der Waals surface area contributed by atoms with Crippen LogP contribution in [0.15, 0.2) is 66.9 Å². The first-order valence-corrected chi connectivity index (χ1v) is 9.30. The number of piperidine rings is 1. The molecule has 1 atom stereocenters. The molecular weight excluding hydrogens is 362 g/mol. The van der Waals surface area contributed by atoms with Crippen molar-refractivity contribution in [2.45, 2.75) is 18.4 Å². The molecule has 0 spiro atoms. The highest BCUT2D eigenvalue weighted by Crippen LogP contribution is 2.33. The summed E-state index contributed by atoms with van der Waals surface area (Å²) >= 11 is 5.98. The topological polar surface area (TPSA) is 58.5 Å². The lowest BCUT2D eigenvalue weighted by molar-refractivity contribution is 0.0215. The summed E-state index contributed by atoms with van der Waals surface area (Å²) in [6.07, 6.45) is 3.20. The minimum atomic E-state index is -0.956. The van der Waals surface area contributed by atoms with Crippen molar-refractivity contribution in [3.05, 3.63) is 77.4 Å². The highest BCUT2D eigenvalue weighted by molar-refractivity contribution is 6.30. The first-order chi connectivity index (χ1) is 13.1. The van der Waals surface area contributed by atoms with E-state index in [-0.39, 0.29) is 0 Å². The molecule has 0 saturated carbocycles. The van der Waals surface area contributed by atoms with Gasteiger partial charge in [-0.05, 0) is 42.7 Å². The van der Waals surface area contributed by atoms with Gasteiger partial charge in [0.2, 0.25) is 11.8 Å². The predicted molar refractivity (Wildman–Crippen MR) is 105 cm³/mol. The molecule has 3 aromatic rings. The van der Waals surface area contributed by atoms with Crippen molar-refractivity contribution < 1.29 is 9.84 Å². The average Bonchev–Trinajstić information content (AvgIpc) is 2.69. The van der Waals surface area contributed by atoms with Gasteiger partial charge in [-0.15, -0.1) is 0 Å². The van der Waals surface area contributed by atoms with E-state index >= 15 is 0 Å². The second kappa shape index (κ2) is 7.55. The first kappa shape index (κ1) is 17.8. The molecule has 2 heterocycles. The summed E-state index contributed by atoms with van der Waals surface area (Å²) in [5, 5.41) is 11.9. The van der Waals surface area contributed by atoms with Crippen molar-refractivity contribution in [3.8, 4) is 11.6 Å². The number of rotatable bonds is 4. The van der Waals surface area contributed by atoms with E-state index in [0.717, 1.165) is 24.3 Å². The van der Waals surface area contributed by atoms with E-state index in [1.165, 1.54) is 0 Å². The number of para-hydroxylation sites is 1. The Morgan fingerprint density at radius 3 is 2.59 bits per heavy atom. The Morgan fingerprint density at radius 2 is 1.81 bits per heavy atom. The Kier molecular flexibility index (Phi) is 4.97. The molecular formula is C21H20ClN3O2. The molecule has 1 aliphatic heterocycles. The Morgan fingerprint density at radius 1 is 1.04 bits per heavy atom. The third-order valence-electron chi connectivity index (χ3n) is 4.72. The highest BCUT2D eigenvalue weighted by Gasteiger charge is 2.36. The fraction of sp³-hybridized carbons (Fsp3) is 0.238. The summed E-state index contributed by atoms with van der Waals surface area (Å²) < 4.78 is 5.80. The van der Waals surface area contributed by atoms with Gasteiger partial charge in [0.25, 0.3) is 0 Å². The lowest BCUT2D eigenvalue weighted by atomic mass is 9.86. The molecule has 1 N–H and O–H groups in total. The van der Waals surface area contributed by atoms with Crippen LogP contribution in [-0.2, 0) is 5.60 Å². The van der Waals surface area contributed by atoms with Crippen LogP contribution in [0.2, 0.25) is 5.02 Å². The summed E-state index contributed by atoms with van der Waals surface area (Å²) in [5.41, 5.74) is -0.101. The van der Waals surface area contributed by atoms with E-state index < -0.39 is 5.60 Å². The van der Waals surface area contributed by atoms with Crippen LogP contribution >= 0.6 is 11.6 Å². The summed E-state index contributed by atoms with van der Waals surface area (Å²) in [5.74, 6) is 1.75. The smallest absolute Gasteiger partial charge is 0.228 e. The third-order valence-corrected chi connectivity index (χ3v) is 4.97. The van der Waals surface area contributed by atoms with Crippen LogP contribution in [0.5, 0.6) is 11.6 Å². The normalized spacial score (nSPS) is 19.7. The van der Waals surface area contributed by atoms with Crippen molar-refractivity contribution in [1.29, 1.82) is 0 Å². The Balaban J connectivity index is 1.54. The van der Waals surface area contributed by atoms with E-state index in [1.807, 2.05) is 47.4 Å². The number of hydrogen-bond acceptors (Lipinski definition) is 5. The van der Waals surface area contributed by atoms with Crippen molar-refractivity contribution in [2.75, 3.05) is 18.0 Å². The van der Waals surface area contributed by atoms with E-state index in [9.17, 15) is 5.11 Å². The van der Waals surface area contributed by atoms with E-state index in [4.69, 9.17) is 16.3 Å². The minimum Gasteiger partial charge on any atom is -0.439 e. The monoisotopic (exact) mass is 381 g/mol. The maximum absolute atomic E-state index is 11.2. The standard InChI is InChI=1S/C21H20ClN3O2/c22-17-9-7-16(8-10-17)21(26)12-4-14-25(15-21)20-23-13-11-19(24-20)27-18-5-2-1-3-6-18/h1-3,5-11,13,26H,4,12,14-15H2. The van der Waals surface area contributed by atoms with Crippen molar-refractivity contribution in [3.63, 3.8) is 0 Å². The van der Waals surface area contributed by atoms with Crippen LogP contribution in [0.1, 0.15) is 18.4 Å². The van der Waals surface area contributed by atoms with Gasteiger partial charge in [0.15, 0.2) is 0 Å². The molecule has 1 fully saturated rings. The molecule has 1 unspecified atom stereocenters. The largest absolute Gasteiger partial charge is 0.439 e. The van der Waals surface area contributed by atoms with Gasteiger partial charge in [-0.25, -0.2) is 4.98 Å². The van der Waals surface area contributed by atoms with Crippen LogP contribution < -0.4 is 9.64 Å². The zero-order valence-corrected chi connectivity index (χ0v) is 15.5. The van der Waals surface area contributed by atoms with Gasteiger partial charge >= 0.3 is 0 Å². The molecule has 0 aliphatic carbocycles. The van der Waals surface area contributed by atoms with Gasteiger partial charge in [0, 0.05) is 23.8 Å². The van der Waals surface area contributed by atoms with Gasteiger partial charge in [-0.1, -0.05) is 41.9 Å². The lowest BCUT2D eigenvalue weighted by Gasteiger charge is -2.39. The molecule has 5 nitrogen and oxygen atoms in total. The molecule has 1 saturated heterocycles. The van der Waals surface area contributed by atoms with Crippen molar-refractivity contribution in [2.24, 2.45) is 0 Å². The van der Waals surface area contributed by atoms with Crippen LogP contribution in [0, 0.1) is 0 Å². The molecule has 6 heteroatoms. The lowest BCUT2D eigenvalue weighted by Crippen LogP contribution is -2.46. The number of aromatic nitrogens is 2. The summed E-state index contributed by atoms with van der Waals surface area (Å²) in [4.78, 5) is 10.9. The minimum absolute atomic E-state index is 0.420. The maximum Gasteiger partial charge on any atom is 0.228 e. The molecule has 4 rings (SSSR count). The quantitative estimate of drug-likeness (QED) is 0.725. The molecule has 27 heavy (non-hydrogen) atoms. The first-order valence-electron chi connectivity index (χ1n) is 8.92. The zero-order chi connectivity index (χ0) is 18.7. The molecule has 0 amide bonds. The molecule has 1 aromatic heterocycles. The number of β-amino-alcohol motifs (C(OH)–C–C–N with tert-alkyl or cyclic N) is 1. The predicted octanol–water partition coefficient (Wildman–Crippen LogP) is 4.41. The zero-order valence-electron chi connectivity index (χ0n) is 14.8. The van der Waals surface area contributed by atoms with E-state index in [1.54, 1.807) is 24.4 Å². The fourth-order valence-electron chi connectivity index (χ4n) is 3.35. The number of aliphatic hydroxyl groups is 1. The Labute approximate surface area is 163 Å². The van der Waals surface area contributed by atoms with Gasteiger partial charge in [-0.3, -0.25) is 0 Å². The number of hydrogen-bond donors (Lipinski definition) is 1. The molecule has 1 aliphatic rings. The van der Waals surface area contributed by atoms with Crippen LogP contribution in [0.25, 0.3) is 0 Å². The number of halogens is 1. The molecule has 138 valence electrons. The second-order valence-corrected chi connectivity index (χ2v) is 7.11. The average molecular weight is 382 g/mol. The van der Waals surface area contributed by atoms with Gasteiger partial charge in [0.05, 0.1) is 6.54 Å². The van der Waals surface area contributed by atoms with Crippen molar-refractivity contribution in [1.82, 2.24) is 9.97 Å². The number of anilines is 1. The van der Waals surface area contributed by atoms with Crippen LogP contribution in [0.3, 0.4) is 0 Å². The molecule has 0 bridgehead atoms. The van der Waals surface area contributed by atoms with Gasteiger partial charge < -0.3 is 14.7 Å². The van der Waals surface area contributed by atoms with Gasteiger partial charge in [0.1, 0.15) is 11.4 Å². The van der Waals surface area contributed by atoms with Crippen molar-refractivity contribution >= 4 is 17.5 Å². The molecule has 2 aromatic carbocycles. The number of benzene rings is 2. The molecule has 0 radical (unpaired) electrons. The van der Waals surface area contributed by atoms with Crippen LogP contribution in [0.4, 0.5) is 5.95 Å². The summed E-state index contributed by atoms with van der Waals surface area (Å²) in [6, 6.07) is 18.6. The maximum atomic E-state index is 11.2. The van der Waals surface area contributed by atoms with E-state index in [2.05, 4.69) is 9.97 Å². The van der Waals surface area contributed by atoms with E-state index in [0.29, 0.717) is 29.8 Å². The van der Waals surface area contributed by atoms with Gasteiger partial charge in [-0.2, -0.15) is 4.98 Å². The SMILES string of the molecule is OC1(c2ccc(Cl)cc2)CCCN(c2nccc(Oc3ccccc3)n2)C1. The third kappa shape index (κ3) is 4.04. The summed E-state index contributed by atoms with van der Waals surface area (Å²) in [7, 11) is 0. The number of ether oxygens (including phenoxy) is 1. The number of nitrogens with zero attached hydrogens (tertiary/aromatic N) is 3. The van der Waals surface area contributed by atoms with Crippen LogP contribution in [-0.4, -0.2) is 28.2 Å².